The van der Waals surface area contributed by atoms with Gasteiger partial charge in [-0.25, -0.2) is 4.99 Å². The van der Waals surface area contributed by atoms with E-state index in [0.717, 1.165) is 0 Å². The fraction of sp³-hybridized carbons (Fsp3) is 0.444. The second kappa shape index (κ2) is 5.27. The molecule has 0 bridgehead atoms. The SMILES string of the molecule is N#CC(N)=C(C#N)N=C1OCC(O)C(O)C1O. The van der Waals surface area contributed by atoms with Gasteiger partial charge in [0.05, 0.1) is 0 Å². The number of nitriles is 2. The summed E-state index contributed by atoms with van der Waals surface area (Å²) in [6, 6.07) is 3.08. The Bertz CT molecular complexity index is 445. The van der Waals surface area contributed by atoms with E-state index in [2.05, 4.69) is 4.99 Å². The first-order chi connectivity index (χ1) is 8.01. The van der Waals surface area contributed by atoms with Gasteiger partial charge in [-0.3, -0.25) is 0 Å². The smallest absolute Gasteiger partial charge is 0.222 e. The first kappa shape index (κ1) is 12.9. The van der Waals surface area contributed by atoms with E-state index in [1.54, 1.807) is 6.07 Å². The molecule has 1 fully saturated rings. The highest BCUT2D eigenvalue weighted by Gasteiger charge is 2.35. The van der Waals surface area contributed by atoms with Crippen molar-refractivity contribution in [1.82, 2.24) is 0 Å². The van der Waals surface area contributed by atoms with Crippen LogP contribution >= 0.6 is 0 Å². The van der Waals surface area contributed by atoms with Crippen LogP contribution in [0.4, 0.5) is 0 Å². The van der Waals surface area contributed by atoms with Crippen molar-refractivity contribution >= 4 is 5.90 Å². The van der Waals surface area contributed by atoms with Crippen LogP contribution in [0.3, 0.4) is 0 Å². The third-order valence-electron chi connectivity index (χ3n) is 2.08. The number of aliphatic hydroxyl groups is 3. The molecule has 17 heavy (non-hydrogen) atoms. The second-order valence-electron chi connectivity index (χ2n) is 3.25. The van der Waals surface area contributed by atoms with E-state index >= 15 is 0 Å². The van der Waals surface area contributed by atoms with Gasteiger partial charge in [0.1, 0.15) is 36.7 Å². The van der Waals surface area contributed by atoms with E-state index in [1.165, 1.54) is 6.07 Å². The molecule has 1 aliphatic rings. The number of allylic oxidation sites excluding steroid dienone is 2. The minimum absolute atomic E-state index is 0.276. The molecule has 0 aliphatic carbocycles. The first-order valence-electron chi connectivity index (χ1n) is 4.56. The lowest BCUT2D eigenvalue weighted by molar-refractivity contribution is -0.0836. The summed E-state index contributed by atoms with van der Waals surface area (Å²) in [7, 11) is 0. The summed E-state index contributed by atoms with van der Waals surface area (Å²) < 4.78 is 4.84. The zero-order valence-electron chi connectivity index (χ0n) is 8.61. The highest BCUT2D eigenvalue weighted by atomic mass is 16.5. The number of aliphatic imine (C=N–C) groups is 1. The molecule has 0 spiro atoms. The molecule has 0 aromatic heterocycles. The van der Waals surface area contributed by atoms with E-state index in [-0.39, 0.29) is 12.5 Å². The van der Waals surface area contributed by atoms with Crippen LogP contribution in [0.1, 0.15) is 0 Å². The number of hydrogen-bond donors (Lipinski definition) is 4. The van der Waals surface area contributed by atoms with E-state index < -0.39 is 29.7 Å². The molecule has 1 rings (SSSR count). The van der Waals surface area contributed by atoms with Crippen LogP contribution in [0.15, 0.2) is 16.4 Å². The summed E-state index contributed by atoms with van der Waals surface area (Å²) in [5, 5.41) is 45.1. The molecular weight excluding hydrogens is 228 g/mol. The molecule has 1 aliphatic heterocycles. The van der Waals surface area contributed by atoms with E-state index in [4.69, 9.17) is 26.1 Å². The molecular formula is C9H10N4O4. The Balaban J connectivity index is 3.02. The van der Waals surface area contributed by atoms with Crippen LogP contribution in [-0.2, 0) is 4.74 Å². The number of ether oxygens (including phenoxy) is 1. The molecule has 90 valence electrons. The normalized spacial score (nSPS) is 32.1. The quantitative estimate of drug-likeness (QED) is 0.374. The van der Waals surface area contributed by atoms with Crippen LogP contribution in [0.5, 0.6) is 0 Å². The van der Waals surface area contributed by atoms with Crippen molar-refractivity contribution in [3.8, 4) is 12.1 Å². The van der Waals surface area contributed by atoms with Gasteiger partial charge in [-0.2, -0.15) is 10.5 Å². The van der Waals surface area contributed by atoms with Crippen LogP contribution in [0.2, 0.25) is 0 Å². The Morgan fingerprint density at radius 1 is 1.35 bits per heavy atom. The molecule has 1 saturated heterocycles. The van der Waals surface area contributed by atoms with Gasteiger partial charge in [-0.15, -0.1) is 0 Å². The largest absolute Gasteiger partial charge is 0.476 e. The Labute approximate surface area is 96.5 Å². The van der Waals surface area contributed by atoms with Gasteiger partial charge >= 0.3 is 0 Å². The van der Waals surface area contributed by atoms with E-state index in [9.17, 15) is 10.2 Å². The lowest BCUT2D eigenvalue weighted by Gasteiger charge is -2.29. The zero-order chi connectivity index (χ0) is 13.0. The van der Waals surface area contributed by atoms with Gasteiger partial charge in [0.25, 0.3) is 0 Å². The van der Waals surface area contributed by atoms with Gasteiger partial charge in [0.2, 0.25) is 5.90 Å². The number of aliphatic hydroxyl groups excluding tert-OH is 3. The van der Waals surface area contributed by atoms with Gasteiger partial charge in [-0.1, -0.05) is 0 Å². The van der Waals surface area contributed by atoms with Crippen LogP contribution < -0.4 is 5.73 Å². The third-order valence-corrected chi connectivity index (χ3v) is 2.08. The number of hydrogen-bond acceptors (Lipinski definition) is 8. The topological polar surface area (TPSA) is 156 Å². The minimum Gasteiger partial charge on any atom is -0.476 e. The summed E-state index contributed by atoms with van der Waals surface area (Å²) in [4.78, 5) is 3.54. The molecule has 1 heterocycles. The summed E-state index contributed by atoms with van der Waals surface area (Å²) in [6.45, 7) is -0.276. The Kier molecular flexibility index (Phi) is 4.01. The molecule has 3 unspecified atom stereocenters. The molecule has 0 radical (unpaired) electrons. The van der Waals surface area contributed by atoms with Gasteiger partial charge in [0.15, 0.2) is 11.8 Å². The fourth-order valence-electron chi connectivity index (χ4n) is 1.12. The van der Waals surface area contributed by atoms with Crippen LogP contribution in [0.25, 0.3) is 0 Å². The summed E-state index contributed by atoms with van der Waals surface area (Å²) >= 11 is 0. The summed E-state index contributed by atoms with van der Waals surface area (Å²) in [6.07, 6.45) is -4.29. The lowest BCUT2D eigenvalue weighted by atomic mass is 10.1. The standard InChI is InChI=1S/C9H10N4O4/c10-1-4(12)5(2-11)13-9-8(16)7(15)6(14)3-17-9/h6-8,14-16H,3,12H2. The first-order valence-corrected chi connectivity index (χ1v) is 4.56. The van der Waals surface area contributed by atoms with Crippen molar-refractivity contribution < 1.29 is 20.1 Å². The predicted octanol–water partition coefficient (Wildman–Crippen LogP) is -2.28. The van der Waals surface area contributed by atoms with Gasteiger partial charge in [-0.05, 0) is 0 Å². The number of nitrogens with zero attached hydrogens (tertiary/aromatic N) is 3. The van der Waals surface area contributed by atoms with E-state index in [1.807, 2.05) is 0 Å². The van der Waals surface area contributed by atoms with Crippen molar-refractivity contribution in [2.45, 2.75) is 18.3 Å². The van der Waals surface area contributed by atoms with Crippen LogP contribution in [-0.4, -0.2) is 46.1 Å². The van der Waals surface area contributed by atoms with Crippen molar-refractivity contribution in [1.29, 1.82) is 10.5 Å². The summed E-state index contributed by atoms with van der Waals surface area (Å²) in [5.74, 6) is -0.363. The third kappa shape index (κ3) is 2.71. The molecule has 5 N–H and O–H groups in total. The highest BCUT2D eigenvalue weighted by Crippen LogP contribution is 2.13. The predicted molar refractivity (Wildman–Crippen MR) is 53.8 cm³/mol. The Morgan fingerprint density at radius 2 is 2.00 bits per heavy atom. The molecule has 3 atom stereocenters. The van der Waals surface area contributed by atoms with Crippen molar-refractivity contribution in [2.24, 2.45) is 10.7 Å². The van der Waals surface area contributed by atoms with Gasteiger partial charge in [0, 0.05) is 0 Å². The average molecular weight is 238 g/mol. The molecule has 8 nitrogen and oxygen atoms in total. The average Bonchev–Trinajstić information content (AvgIpc) is 2.34. The maximum absolute atomic E-state index is 9.49. The maximum atomic E-state index is 9.49. The lowest BCUT2D eigenvalue weighted by Crippen LogP contribution is -2.50. The molecule has 0 aromatic rings. The number of nitrogens with two attached hydrogens (primary N) is 1. The Hall–Kier alpha value is -2.13. The molecule has 8 heteroatoms. The zero-order valence-corrected chi connectivity index (χ0v) is 8.61. The molecule has 0 amide bonds. The van der Waals surface area contributed by atoms with Crippen LogP contribution in [0, 0.1) is 22.7 Å². The van der Waals surface area contributed by atoms with E-state index in [0.29, 0.717) is 0 Å². The Morgan fingerprint density at radius 3 is 2.53 bits per heavy atom. The van der Waals surface area contributed by atoms with Gasteiger partial charge < -0.3 is 25.8 Å². The minimum atomic E-state index is -1.58. The van der Waals surface area contributed by atoms with Crippen molar-refractivity contribution in [3.05, 3.63) is 11.4 Å². The summed E-state index contributed by atoms with van der Waals surface area (Å²) in [5.41, 5.74) is 4.33. The molecule has 0 saturated carbocycles. The molecule has 0 aromatic carbocycles. The highest BCUT2D eigenvalue weighted by molar-refractivity contribution is 5.83. The maximum Gasteiger partial charge on any atom is 0.222 e. The van der Waals surface area contributed by atoms with Crippen molar-refractivity contribution in [3.63, 3.8) is 0 Å². The number of rotatable bonds is 1. The van der Waals surface area contributed by atoms with Crippen molar-refractivity contribution in [2.75, 3.05) is 6.61 Å². The monoisotopic (exact) mass is 238 g/mol. The second-order valence-corrected chi connectivity index (χ2v) is 3.25. The fourth-order valence-corrected chi connectivity index (χ4v) is 1.12.